The van der Waals surface area contributed by atoms with Crippen molar-refractivity contribution in [3.05, 3.63) is 29.8 Å². The third-order valence-corrected chi connectivity index (χ3v) is 4.11. The molecule has 18 heavy (non-hydrogen) atoms. The smallest absolute Gasteiger partial charge is 0.329 e. The van der Waals surface area contributed by atoms with Crippen molar-refractivity contribution in [1.82, 2.24) is 0 Å². The lowest BCUT2D eigenvalue weighted by Crippen LogP contribution is -2.34. The molecule has 0 aliphatic carbocycles. The molecule has 0 saturated heterocycles. The minimum absolute atomic E-state index is 0.220. The van der Waals surface area contributed by atoms with E-state index in [1.165, 1.54) is 11.8 Å². The molecular formula is C13H15NO3S. The molecule has 4 nitrogen and oxygen atoms in total. The number of hydrogen-bond donors (Lipinski definition) is 2. The highest BCUT2D eigenvalue weighted by molar-refractivity contribution is 8.15. The number of hydrogen-bond acceptors (Lipinski definition) is 4. The van der Waals surface area contributed by atoms with Crippen LogP contribution in [0, 0.1) is 0 Å². The summed E-state index contributed by atoms with van der Waals surface area (Å²) in [7, 11) is 0. The molecule has 0 fully saturated rings. The van der Waals surface area contributed by atoms with Gasteiger partial charge in [0.05, 0.1) is 5.04 Å². The van der Waals surface area contributed by atoms with Crippen molar-refractivity contribution in [3.63, 3.8) is 0 Å². The van der Waals surface area contributed by atoms with Gasteiger partial charge in [-0.1, -0.05) is 18.2 Å². The molecule has 2 rings (SSSR count). The van der Waals surface area contributed by atoms with Gasteiger partial charge in [-0.05, 0) is 19.9 Å². The molecule has 5 heteroatoms. The average Bonchev–Trinajstić information content (AvgIpc) is 2.57. The number of aliphatic imine (C=N–C) groups is 1. The zero-order valence-corrected chi connectivity index (χ0v) is 11.1. The Kier molecular flexibility index (Phi) is 3.34. The SMILES string of the molecule is CC1(C)SC(Cc2ccccc2O)=N[C@H]1C(=O)O. The van der Waals surface area contributed by atoms with Gasteiger partial charge in [0.2, 0.25) is 0 Å². The Labute approximate surface area is 110 Å². The van der Waals surface area contributed by atoms with Crippen LogP contribution in [0.25, 0.3) is 0 Å². The lowest BCUT2D eigenvalue weighted by Gasteiger charge is -2.20. The third kappa shape index (κ3) is 2.51. The summed E-state index contributed by atoms with van der Waals surface area (Å²) in [4.78, 5) is 15.4. The number of aliphatic carboxylic acids is 1. The fourth-order valence-corrected chi connectivity index (χ4v) is 3.20. The van der Waals surface area contributed by atoms with Crippen LogP contribution >= 0.6 is 11.8 Å². The van der Waals surface area contributed by atoms with Crippen LogP contribution in [0.1, 0.15) is 19.4 Å². The first-order chi connectivity index (χ1) is 8.40. The maximum atomic E-state index is 11.1. The molecule has 0 radical (unpaired) electrons. The highest BCUT2D eigenvalue weighted by Crippen LogP contribution is 2.39. The number of thioether (sulfide) groups is 1. The Hall–Kier alpha value is -1.49. The van der Waals surface area contributed by atoms with Crippen LogP contribution in [0.4, 0.5) is 0 Å². The average molecular weight is 265 g/mol. The Morgan fingerprint density at radius 2 is 2.11 bits per heavy atom. The van der Waals surface area contributed by atoms with E-state index < -0.39 is 16.8 Å². The van der Waals surface area contributed by atoms with Crippen molar-refractivity contribution in [2.75, 3.05) is 0 Å². The first-order valence-electron chi connectivity index (χ1n) is 5.65. The van der Waals surface area contributed by atoms with Crippen molar-refractivity contribution in [2.45, 2.75) is 31.1 Å². The van der Waals surface area contributed by atoms with E-state index in [0.717, 1.165) is 10.6 Å². The van der Waals surface area contributed by atoms with E-state index in [4.69, 9.17) is 5.11 Å². The van der Waals surface area contributed by atoms with Gasteiger partial charge in [0.25, 0.3) is 0 Å². The minimum Gasteiger partial charge on any atom is -0.508 e. The van der Waals surface area contributed by atoms with Crippen LogP contribution in [0.2, 0.25) is 0 Å². The Morgan fingerprint density at radius 1 is 1.44 bits per heavy atom. The van der Waals surface area contributed by atoms with Gasteiger partial charge in [0.1, 0.15) is 5.75 Å². The molecule has 1 aromatic carbocycles. The van der Waals surface area contributed by atoms with Crippen LogP contribution < -0.4 is 0 Å². The number of benzene rings is 1. The highest BCUT2D eigenvalue weighted by Gasteiger charge is 2.42. The molecule has 1 atom stereocenters. The number of carbonyl (C=O) groups is 1. The normalized spacial score (nSPS) is 21.7. The van der Waals surface area contributed by atoms with Gasteiger partial charge in [0, 0.05) is 16.7 Å². The number of nitrogens with zero attached hydrogens (tertiary/aromatic N) is 1. The van der Waals surface area contributed by atoms with E-state index in [0.29, 0.717) is 6.42 Å². The van der Waals surface area contributed by atoms with Crippen LogP contribution in [0.3, 0.4) is 0 Å². The number of phenols is 1. The van der Waals surface area contributed by atoms with Crippen molar-refractivity contribution < 1.29 is 15.0 Å². The molecular weight excluding hydrogens is 250 g/mol. The zero-order chi connectivity index (χ0) is 13.3. The molecule has 0 saturated carbocycles. The Balaban J connectivity index is 2.20. The van der Waals surface area contributed by atoms with Gasteiger partial charge in [-0.15, -0.1) is 11.8 Å². The van der Waals surface area contributed by atoms with Gasteiger partial charge >= 0.3 is 5.97 Å². The molecule has 1 aliphatic heterocycles. The first kappa shape index (κ1) is 13.0. The van der Waals surface area contributed by atoms with E-state index in [9.17, 15) is 9.90 Å². The predicted octanol–water partition coefficient (Wildman–Crippen LogP) is 2.31. The monoisotopic (exact) mass is 265 g/mol. The number of carboxylic acid groups (broad SMARTS) is 1. The van der Waals surface area contributed by atoms with Crippen molar-refractivity contribution in [2.24, 2.45) is 4.99 Å². The van der Waals surface area contributed by atoms with E-state index in [2.05, 4.69) is 4.99 Å². The summed E-state index contributed by atoms with van der Waals surface area (Å²) in [5.41, 5.74) is 0.769. The number of phenolic OH excluding ortho intramolecular Hbond substituents is 1. The summed E-state index contributed by atoms with van der Waals surface area (Å²) in [6, 6.07) is 6.32. The lowest BCUT2D eigenvalue weighted by atomic mass is 10.0. The second-order valence-corrected chi connectivity index (χ2v) is 6.50. The first-order valence-corrected chi connectivity index (χ1v) is 6.47. The molecule has 1 aliphatic rings. The molecule has 0 spiro atoms. The number of carboxylic acids is 1. The van der Waals surface area contributed by atoms with E-state index >= 15 is 0 Å². The van der Waals surface area contributed by atoms with Crippen molar-refractivity contribution in [3.8, 4) is 5.75 Å². The van der Waals surface area contributed by atoms with Crippen LogP contribution in [-0.4, -0.2) is 32.0 Å². The lowest BCUT2D eigenvalue weighted by molar-refractivity contribution is -0.138. The van der Waals surface area contributed by atoms with E-state index in [-0.39, 0.29) is 5.75 Å². The van der Waals surface area contributed by atoms with Crippen LogP contribution in [0.5, 0.6) is 5.75 Å². The molecule has 1 aromatic rings. The largest absolute Gasteiger partial charge is 0.508 e. The summed E-state index contributed by atoms with van der Waals surface area (Å²) in [5.74, 6) is -0.683. The summed E-state index contributed by atoms with van der Waals surface area (Å²) in [5, 5.41) is 19.6. The van der Waals surface area contributed by atoms with Gasteiger partial charge in [-0.3, -0.25) is 4.99 Å². The molecule has 0 unspecified atom stereocenters. The quantitative estimate of drug-likeness (QED) is 0.880. The number of rotatable bonds is 3. The summed E-state index contributed by atoms with van der Waals surface area (Å²) >= 11 is 1.47. The highest BCUT2D eigenvalue weighted by atomic mass is 32.2. The maximum absolute atomic E-state index is 11.1. The summed E-state index contributed by atoms with van der Waals surface area (Å²) in [6.45, 7) is 3.75. The minimum atomic E-state index is -0.903. The second kappa shape index (κ2) is 4.65. The standard InChI is InChI=1S/C13H15NO3S/c1-13(2)11(12(16)17)14-10(18-13)7-8-5-3-4-6-9(8)15/h3-6,11,15H,7H2,1-2H3,(H,16,17)/t11-/m0/s1. The third-order valence-electron chi connectivity index (χ3n) is 2.88. The zero-order valence-electron chi connectivity index (χ0n) is 10.3. The molecule has 0 aromatic heterocycles. The Bertz CT molecular complexity index is 511. The van der Waals surface area contributed by atoms with E-state index in [1.807, 2.05) is 26.0 Å². The maximum Gasteiger partial charge on any atom is 0.329 e. The molecule has 2 N–H and O–H groups in total. The molecule has 0 bridgehead atoms. The fourth-order valence-electron chi connectivity index (χ4n) is 1.94. The van der Waals surface area contributed by atoms with Gasteiger partial charge in [-0.2, -0.15) is 0 Å². The molecule has 0 amide bonds. The van der Waals surface area contributed by atoms with E-state index in [1.54, 1.807) is 12.1 Å². The fraction of sp³-hybridized carbons (Fsp3) is 0.385. The van der Waals surface area contributed by atoms with Gasteiger partial charge in [-0.25, -0.2) is 4.79 Å². The van der Waals surface area contributed by atoms with Crippen LogP contribution in [0.15, 0.2) is 29.3 Å². The topological polar surface area (TPSA) is 69.9 Å². The van der Waals surface area contributed by atoms with Crippen molar-refractivity contribution in [1.29, 1.82) is 0 Å². The number of para-hydroxylation sites is 1. The van der Waals surface area contributed by atoms with Crippen LogP contribution in [-0.2, 0) is 11.2 Å². The van der Waals surface area contributed by atoms with Crippen molar-refractivity contribution >= 4 is 22.8 Å². The predicted molar refractivity (Wildman–Crippen MR) is 72.3 cm³/mol. The summed E-state index contributed by atoms with van der Waals surface area (Å²) < 4.78 is -0.439. The summed E-state index contributed by atoms with van der Waals surface area (Å²) in [6.07, 6.45) is 0.477. The van der Waals surface area contributed by atoms with Gasteiger partial charge in [0.15, 0.2) is 6.04 Å². The second-order valence-electron chi connectivity index (χ2n) is 4.77. The Morgan fingerprint density at radius 3 is 2.67 bits per heavy atom. The van der Waals surface area contributed by atoms with Gasteiger partial charge < -0.3 is 10.2 Å². The number of aromatic hydroxyl groups is 1. The molecule has 1 heterocycles. The molecule has 96 valence electrons.